The van der Waals surface area contributed by atoms with Gasteiger partial charge < -0.3 is 14.4 Å². The highest BCUT2D eigenvalue weighted by molar-refractivity contribution is 6.31. The van der Waals surface area contributed by atoms with Gasteiger partial charge in [0.15, 0.2) is 5.82 Å². The molecular formula is C22H22ClN3O2. The predicted molar refractivity (Wildman–Crippen MR) is 114 cm³/mol. The van der Waals surface area contributed by atoms with E-state index < -0.39 is 0 Å². The van der Waals surface area contributed by atoms with Gasteiger partial charge in [0.1, 0.15) is 17.3 Å². The minimum Gasteiger partial charge on any atom is -0.497 e. The first-order valence-corrected chi connectivity index (χ1v) is 9.67. The number of fused-ring (bicyclic) bond motifs is 1. The molecule has 1 aliphatic rings. The van der Waals surface area contributed by atoms with E-state index in [1.54, 1.807) is 14.2 Å². The number of anilines is 1. The van der Waals surface area contributed by atoms with Gasteiger partial charge in [-0.15, -0.1) is 0 Å². The van der Waals surface area contributed by atoms with Crippen LogP contribution in [0.15, 0.2) is 36.4 Å². The summed E-state index contributed by atoms with van der Waals surface area (Å²) in [5.74, 6) is 3.10. The summed E-state index contributed by atoms with van der Waals surface area (Å²) >= 11 is 6.20. The van der Waals surface area contributed by atoms with Crippen LogP contribution in [0.1, 0.15) is 24.2 Å². The zero-order chi connectivity index (χ0) is 19.5. The predicted octanol–water partition coefficient (Wildman–Crippen LogP) is 5.07. The van der Waals surface area contributed by atoms with E-state index in [2.05, 4.69) is 4.90 Å². The second-order valence-electron chi connectivity index (χ2n) is 6.74. The van der Waals surface area contributed by atoms with Gasteiger partial charge in [0.2, 0.25) is 0 Å². The summed E-state index contributed by atoms with van der Waals surface area (Å²) in [4.78, 5) is 11.9. The Morgan fingerprint density at radius 2 is 1.64 bits per heavy atom. The average Bonchev–Trinajstić information content (AvgIpc) is 3.25. The lowest BCUT2D eigenvalue weighted by Crippen LogP contribution is -2.20. The maximum Gasteiger partial charge on any atom is 0.154 e. The van der Waals surface area contributed by atoms with Crippen LogP contribution in [0.3, 0.4) is 0 Å². The molecule has 0 atom stereocenters. The second-order valence-corrected chi connectivity index (χ2v) is 7.18. The Labute approximate surface area is 169 Å². The van der Waals surface area contributed by atoms with Crippen LogP contribution in [0.25, 0.3) is 23.1 Å². The van der Waals surface area contributed by atoms with Gasteiger partial charge in [-0.1, -0.05) is 17.7 Å². The molecule has 2 heterocycles. The van der Waals surface area contributed by atoms with Crippen molar-refractivity contribution in [3.05, 3.63) is 52.8 Å². The van der Waals surface area contributed by atoms with Crippen molar-refractivity contribution in [2.24, 2.45) is 0 Å². The van der Waals surface area contributed by atoms with Crippen LogP contribution in [-0.2, 0) is 0 Å². The molecule has 1 fully saturated rings. The SMILES string of the molecule is COc1cc(/C=C/c2nc(N3CCCC3)c3ccc(Cl)cc3n2)cc(OC)c1. The molecule has 0 amide bonds. The lowest BCUT2D eigenvalue weighted by molar-refractivity contribution is 0.394. The molecule has 0 unspecified atom stereocenters. The fourth-order valence-electron chi connectivity index (χ4n) is 3.44. The number of aromatic nitrogens is 2. The van der Waals surface area contributed by atoms with Crippen LogP contribution in [0, 0.1) is 0 Å². The maximum atomic E-state index is 6.20. The van der Waals surface area contributed by atoms with Crippen molar-refractivity contribution in [2.45, 2.75) is 12.8 Å². The first-order valence-electron chi connectivity index (χ1n) is 9.29. The maximum absolute atomic E-state index is 6.20. The van der Waals surface area contributed by atoms with Crippen LogP contribution < -0.4 is 14.4 Å². The van der Waals surface area contributed by atoms with Gasteiger partial charge >= 0.3 is 0 Å². The van der Waals surface area contributed by atoms with Crippen molar-refractivity contribution in [2.75, 3.05) is 32.2 Å². The fraction of sp³-hybridized carbons (Fsp3) is 0.273. The lowest BCUT2D eigenvalue weighted by atomic mass is 10.1. The Balaban J connectivity index is 1.75. The van der Waals surface area contributed by atoms with Gasteiger partial charge in [-0.2, -0.15) is 0 Å². The van der Waals surface area contributed by atoms with Crippen molar-refractivity contribution < 1.29 is 9.47 Å². The molecular weight excluding hydrogens is 374 g/mol. The van der Waals surface area contributed by atoms with E-state index in [4.69, 9.17) is 31.0 Å². The molecule has 5 nitrogen and oxygen atoms in total. The summed E-state index contributed by atoms with van der Waals surface area (Å²) in [6, 6.07) is 11.5. The Kier molecular flexibility index (Phi) is 5.35. The third-order valence-corrected chi connectivity index (χ3v) is 5.10. The first-order chi connectivity index (χ1) is 13.7. The fourth-order valence-corrected chi connectivity index (χ4v) is 3.61. The van der Waals surface area contributed by atoms with E-state index >= 15 is 0 Å². The second kappa shape index (κ2) is 8.07. The van der Waals surface area contributed by atoms with E-state index in [1.165, 1.54) is 12.8 Å². The molecule has 0 bridgehead atoms. The number of hydrogen-bond acceptors (Lipinski definition) is 5. The van der Waals surface area contributed by atoms with Crippen LogP contribution in [0.5, 0.6) is 11.5 Å². The molecule has 2 aromatic carbocycles. The molecule has 0 saturated carbocycles. The van der Waals surface area contributed by atoms with E-state index in [9.17, 15) is 0 Å². The zero-order valence-corrected chi connectivity index (χ0v) is 16.7. The Morgan fingerprint density at radius 3 is 2.32 bits per heavy atom. The van der Waals surface area contributed by atoms with Crippen molar-refractivity contribution >= 4 is 40.5 Å². The molecule has 28 heavy (non-hydrogen) atoms. The van der Waals surface area contributed by atoms with E-state index in [0.29, 0.717) is 10.8 Å². The van der Waals surface area contributed by atoms with Gasteiger partial charge in [-0.3, -0.25) is 0 Å². The lowest BCUT2D eigenvalue weighted by Gasteiger charge is -2.18. The van der Waals surface area contributed by atoms with Crippen LogP contribution in [-0.4, -0.2) is 37.3 Å². The standard InChI is InChI=1S/C22H22ClN3O2/c1-27-17-11-15(12-18(14-17)28-2)5-8-21-24-20-13-16(23)6-7-19(20)22(25-21)26-9-3-4-10-26/h5-8,11-14H,3-4,9-10H2,1-2H3/b8-5+. The van der Waals surface area contributed by atoms with E-state index in [1.807, 2.05) is 48.6 Å². The largest absolute Gasteiger partial charge is 0.497 e. The first kappa shape index (κ1) is 18.6. The molecule has 144 valence electrons. The number of nitrogens with zero attached hydrogens (tertiary/aromatic N) is 3. The third-order valence-electron chi connectivity index (χ3n) is 4.86. The highest BCUT2D eigenvalue weighted by Gasteiger charge is 2.17. The molecule has 1 aliphatic heterocycles. The number of halogens is 1. The van der Waals surface area contributed by atoms with Crippen molar-refractivity contribution in [3.8, 4) is 11.5 Å². The normalized spacial score (nSPS) is 14.2. The quantitative estimate of drug-likeness (QED) is 0.603. The zero-order valence-electron chi connectivity index (χ0n) is 16.0. The smallest absolute Gasteiger partial charge is 0.154 e. The summed E-state index contributed by atoms with van der Waals surface area (Å²) < 4.78 is 10.7. The van der Waals surface area contributed by atoms with Crippen LogP contribution >= 0.6 is 11.6 Å². The Morgan fingerprint density at radius 1 is 0.929 bits per heavy atom. The topological polar surface area (TPSA) is 47.5 Å². The average molecular weight is 396 g/mol. The number of methoxy groups -OCH3 is 2. The van der Waals surface area contributed by atoms with Gasteiger partial charge in [0.05, 0.1) is 19.7 Å². The minimum atomic E-state index is 0.651. The summed E-state index contributed by atoms with van der Waals surface area (Å²) in [6.07, 6.45) is 6.25. The van der Waals surface area contributed by atoms with Crippen LogP contribution in [0.2, 0.25) is 5.02 Å². The van der Waals surface area contributed by atoms with Crippen molar-refractivity contribution in [1.82, 2.24) is 9.97 Å². The van der Waals surface area contributed by atoms with E-state index in [-0.39, 0.29) is 0 Å². The summed E-state index contributed by atoms with van der Waals surface area (Å²) in [6.45, 7) is 2.04. The van der Waals surface area contributed by atoms with Crippen molar-refractivity contribution in [1.29, 1.82) is 0 Å². The molecule has 0 aliphatic carbocycles. The van der Waals surface area contributed by atoms with Gasteiger partial charge in [0.25, 0.3) is 0 Å². The van der Waals surface area contributed by atoms with Gasteiger partial charge in [-0.25, -0.2) is 9.97 Å². The highest BCUT2D eigenvalue weighted by Crippen LogP contribution is 2.29. The summed E-state index contributed by atoms with van der Waals surface area (Å²) in [5, 5.41) is 1.71. The molecule has 6 heteroatoms. The number of rotatable bonds is 5. The molecule has 0 spiro atoms. The Bertz CT molecular complexity index is 1010. The molecule has 0 N–H and O–H groups in total. The minimum absolute atomic E-state index is 0.651. The third kappa shape index (κ3) is 3.90. The van der Waals surface area contributed by atoms with E-state index in [0.717, 1.165) is 46.9 Å². The molecule has 0 radical (unpaired) electrons. The number of hydrogen-bond donors (Lipinski definition) is 0. The summed E-state index contributed by atoms with van der Waals surface area (Å²) in [5.41, 5.74) is 1.81. The van der Waals surface area contributed by atoms with Crippen molar-refractivity contribution in [3.63, 3.8) is 0 Å². The monoisotopic (exact) mass is 395 g/mol. The highest BCUT2D eigenvalue weighted by atomic mass is 35.5. The van der Waals surface area contributed by atoms with Gasteiger partial charge in [0, 0.05) is 29.6 Å². The van der Waals surface area contributed by atoms with Gasteiger partial charge in [-0.05, 0) is 54.8 Å². The molecule has 4 rings (SSSR count). The molecule has 3 aromatic rings. The summed E-state index contributed by atoms with van der Waals surface area (Å²) in [7, 11) is 3.28. The Hall–Kier alpha value is -2.79. The molecule has 1 aromatic heterocycles. The number of ether oxygens (including phenoxy) is 2. The number of benzene rings is 2. The van der Waals surface area contributed by atoms with Crippen LogP contribution in [0.4, 0.5) is 5.82 Å². The molecule has 1 saturated heterocycles.